The first kappa shape index (κ1) is 12.4. The Morgan fingerprint density at radius 3 is 2.17 bits per heavy atom. The van der Waals surface area contributed by atoms with Gasteiger partial charge in [-0.1, -0.05) is 0 Å². The Morgan fingerprint density at radius 2 is 1.56 bits per heavy atom. The van der Waals surface area contributed by atoms with E-state index in [9.17, 15) is 8.78 Å². The first-order chi connectivity index (χ1) is 8.66. The molecule has 94 valence electrons. The van der Waals surface area contributed by atoms with Crippen molar-refractivity contribution >= 4 is 0 Å². The lowest BCUT2D eigenvalue weighted by molar-refractivity contribution is 0.395. The van der Waals surface area contributed by atoms with Gasteiger partial charge in [-0.25, -0.2) is 8.78 Å². The molecule has 0 saturated carbocycles. The van der Waals surface area contributed by atoms with Crippen LogP contribution in [0.15, 0.2) is 36.7 Å². The van der Waals surface area contributed by atoms with E-state index < -0.39 is 17.4 Å². The van der Waals surface area contributed by atoms with Gasteiger partial charge >= 0.3 is 0 Å². The van der Waals surface area contributed by atoms with Crippen LogP contribution in [-0.2, 0) is 13.1 Å². The topological polar surface area (TPSA) is 45.1 Å². The summed E-state index contributed by atoms with van der Waals surface area (Å²) in [5, 5.41) is 12.0. The highest BCUT2D eigenvalue weighted by Crippen LogP contribution is 2.21. The number of rotatable bonds is 4. The summed E-state index contributed by atoms with van der Waals surface area (Å²) < 4.78 is 26.1. The van der Waals surface area contributed by atoms with Crippen molar-refractivity contribution in [2.75, 3.05) is 0 Å². The van der Waals surface area contributed by atoms with Crippen LogP contribution in [0.4, 0.5) is 8.78 Å². The predicted molar refractivity (Wildman–Crippen MR) is 62.8 cm³/mol. The fraction of sp³-hybridized carbons (Fsp3) is 0.154. The normalized spacial score (nSPS) is 10.6. The van der Waals surface area contributed by atoms with E-state index in [1.54, 1.807) is 12.4 Å². The maximum absolute atomic E-state index is 13.1. The summed E-state index contributed by atoms with van der Waals surface area (Å²) in [6.45, 7) is 0.892. The van der Waals surface area contributed by atoms with E-state index in [-0.39, 0.29) is 0 Å². The van der Waals surface area contributed by atoms with Gasteiger partial charge in [-0.2, -0.15) is 0 Å². The van der Waals surface area contributed by atoms with Crippen molar-refractivity contribution in [2.24, 2.45) is 0 Å². The van der Waals surface area contributed by atoms with Crippen molar-refractivity contribution in [2.45, 2.75) is 13.1 Å². The minimum absolute atomic E-state index is 0.316. The molecule has 2 rings (SSSR count). The Bertz CT molecular complexity index is 509. The Balaban J connectivity index is 1.95. The highest BCUT2D eigenvalue weighted by atomic mass is 19.1. The standard InChI is InChI=1S/C13H12F2N2O/c14-11-5-10(6-12(15)13(11)18)8-17-7-9-1-3-16-4-2-9/h1-6,17-18H,7-8H2. The summed E-state index contributed by atoms with van der Waals surface area (Å²) in [7, 11) is 0. The van der Waals surface area contributed by atoms with E-state index in [1.165, 1.54) is 0 Å². The Kier molecular flexibility index (Phi) is 3.84. The van der Waals surface area contributed by atoms with Crippen molar-refractivity contribution in [3.8, 4) is 5.75 Å². The molecular formula is C13H12F2N2O. The quantitative estimate of drug-likeness (QED) is 0.875. The zero-order valence-corrected chi connectivity index (χ0v) is 9.53. The molecule has 0 atom stereocenters. The molecule has 0 fully saturated rings. The fourth-order valence-electron chi connectivity index (χ4n) is 1.57. The van der Waals surface area contributed by atoms with Gasteiger partial charge < -0.3 is 10.4 Å². The number of pyridine rings is 1. The molecular weight excluding hydrogens is 238 g/mol. The van der Waals surface area contributed by atoms with Crippen molar-refractivity contribution in [1.82, 2.24) is 10.3 Å². The van der Waals surface area contributed by atoms with Crippen LogP contribution in [0.1, 0.15) is 11.1 Å². The number of hydrogen-bond donors (Lipinski definition) is 2. The maximum atomic E-state index is 13.1. The van der Waals surface area contributed by atoms with Gasteiger partial charge in [0, 0.05) is 25.5 Å². The van der Waals surface area contributed by atoms with Crippen LogP contribution in [0, 0.1) is 11.6 Å². The van der Waals surface area contributed by atoms with Crippen LogP contribution in [-0.4, -0.2) is 10.1 Å². The van der Waals surface area contributed by atoms with Crippen LogP contribution in [0.2, 0.25) is 0 Å². The minimum Gasteiger partial charge on any atom is -0.503 e. The molecule has 1 aromatic carbocycles. The molecule has 0 aliphatic heterocycles. The highest BCUT2D eigenvalue weighted by molar-refractivity contribution is 5.30. The van der Waals surface area contributed by atoms with E-state index in [0.29, 0.717) is 18.7 Å². The number of halogens is 2. The number of nitrogens with one attached hydrogen (secondary N) is 1. The summed E-state index contributed by atoms with van der Waals surface area (Å²) in [6.07, 6.45) is 3.35. The van der Waals surface area contributed by atoms with E-state index in [4.69, 9.17) is 5.11 Å². The molecule has 0 radical (unpaired) electrons. The molecule has 0 amide bonds. The van der Waals surface area contributed by atoms with Crippen LogP contribution in [0.3, 0.4) is 0 Å². The second-order valence-electron chi connectivity index (χ2n) is 3.87. The maximum Gasteiger partial charge on any atom is 0.187 e. The van der Waals surface area contributed by atoms with Crippen molar-refractivity contribution < 1.29 is 13.9 Å². The molecule has 0 aliphatic rings. The highest BCUT2D eigenvalue weighted by Gasteiger charge is 2.08. The molecule has 2 aromatic rings. The third-order valence-corrected chi connectivity index (χ3v) is 2.48. The summed E-state index contributed by atoms with van der Waals surface area (Å²) in [5.74, 6) is -2.83. The minimum atomic E-state index is -0.948. The molecule has 5 heteroatoms. The molecule has 3 nitrogen and oxygen atoms in total. The molecule has 1 heterocycles. The van der Waals surface area contributed by atoms with E-state index >= 15 is 0 Å². The first-order valence-electron chi connectivity index (χ1n) is 5.43. The lowest BCUT2D eigenvalue weighted by Crippen LogP contribution is -2.13. The number of aromatic hydroxyl groups is 1. The molecule has 2 N–H and O–H groups in total. The number of nitrogens with zero attached hydrogens (tertiary/aromatic N) is 1. The smallest absolute Gasteiger partial charge is 0.187 e. The van der Waals surface area contributed by atoms with Gasteiger partial charge in [-0.15, -0.1) is 0 Å². The Morgan fingerprint density at radius 1 is 1.00 bits per heavy atom. The van der Waals surface area contributed by atoms with Gasteiger partial charge in [-0.3, -0.25) is 4.98 Å². The second-order valence-corrected chi connectivity index (χ2v) is 3.87. The monoisotopic (exact) mass is 250 g/mol. The van der Waals surface area contributed by atoms with Crippen LogP contribution in [0.25, 0.3) is 0 Å². The summed E-state index contributed by atoms with van der Waals surface area (Å²) in [4.78, 5) is 3.89. The zero-order chi connectivity index (χ0) is 13.0. The second kappa shape index (κ2) is 5.55. The number of phenols is 1. The van der Waals surface area contributed by atoms with Gasteiger partial charge in [0.15, 0.2) is 17.4 Å². The lowest BCUT2D eigenvalue weighted by Gasteiger charge is -2.06. The Hall–Kier alpha value is -2.01. The third-order valence-electron chi connectivity index (χ3n) is 2.48. The van der Waals surface area contributed by atoms with Gasteiger partial charge in [-0.05, 0) is 35.4 Å². The predicted octanol–water partition coefficient (Wildman–Crippen LogP) is 2.36. The third kappa shape index (κ3) is 3.01. The Labute approximate surface area is 103 Å². The van der Waals surface area contributed by atoms with Crippen LogP contribution >= 0.6 is 0 Å². The average molecular weight is 250 g/mol. The van der Waals surface area contributed by atoms with Gasteiger partial charge in [0.1, 0.15) is 0 Å². The molecule has 0 spiro atoms. The number of benzene rings is 1. The molecule has 1 aromatic heterocycles. The van der Waals surface area contributed by atoms with E-state index in [0.717, 1.165) is 17.7 Å². The van der Waals surface area contributed by atoms with Crippen molar-refractivity contribution in [3.05, 3.63) is 59.4 Å². The summed E-state index contributed by atoms with van der Waals surface area (Å²) in [5.41, 5.74) is 1.47. The first-order valence-corrected chi connectivity index (χ1v) is 5.43. The van der Waals surface area contributed by atoms with E-state index in [1.807, 2.05) is 12.1 Å². The number of hydrogen-bond acceptors (Lipinski definition) is 3. The van der Waals surface area contributed by atoms with Gasteiger partial charge in [0.05, 0.1) is 0 Å². The largest absolute Gasteiger partial charge is 0.503 e. The van der Waals surface area contributed by atoms with Crippen molar-refractivity contribution in [1.29, 1.82) is 0 Å². The lowest BCUT2D eigenvalue weighted by atomic mass is 10.2. The van der Waals surface area contributed by atoms with E-state index in [2.05, 4.69) is 10.3 Å². The number of phenolic OH excluding ortho intramolecular Hbond substituents is 1. The van der Waals surface area contributed by atoms with Crippen molar-refractivity contribution in [3.63, 3.8) is 0 Å². The molecule has 0 saturated heterocycles. The fourth-order valence-corrected chi connectivity index (χ4v) is 1.57. The summed E-state index contributed by atoms with van der Waals surface area (Å²) >= 11 is 0. The molecule has 0 aliphatic carbocycles. The number of aromatic nitrogens is 1. The zero-order valence-electron chi connectivity index (χ0n) is 9.53. The summed E-state index contributed by atoms with van der Waals surface area (Å²) in [6, 6.07) is 5.92. The SMILES string of the molecule is Oc1c(F)cc(CNCc2ccncc2)cc1F. The van der Waals surface area contributed by atoms with Gasteiger partial charge in [0.2, 0.25) is 0 Å². The van der Waals surface area contributed by atoms with Crippen LogP contribution in [0.5, 0.6) is 5.75 Å². The molecule has 0 bridgehead atoms. The molecule has 0 unspecified atom stereocenters. The molecule has 18 heavy (non-hydrogen) atoms. The van der Waals surface area contributed by atoms with Gasteiger partial charge in [0.25, 0.3) is 0 Å². The average Bonchev–Trinajstić information content (AvgIpc) is 2.37. The van der Waals surface area contributed by atoms with Crippen LogP contribution < -0.4 is 5.32 Å².